The summed E-state index contributed by atoms with van der Waals surface area (Å²) in [7, 11) is -1.59. The van der Waals surface area contributed by atoms with E-state index in [1.165, 1.54) is 0 Å². The van der Waals surface area contributed by atoms with E-state index in [1.54, 1.807) is 53.1 Å². The van der Waals surface area contributed by atoms with Crippen molar-refractivity contribution in [1.29, 1.82) is 0 Å². The van der Waals surface area contributed by atoms with Crippen LogP contribution in [0.1, 0.15) is 35.7 Å². The van der Waals surface area contributed by atoms with E-state index >= 15 is 0 Å². The highest BCUT2D eigenvalue weighted by Crippen LogP contribution is 2.59. The third-order valence-electron chi connectivity index (χ3n) is 7.84. The molecule has 40 heavy (non-hydrogen) atoms. The Morgan fingerprint density at radius 2 is 1.80 bits per heavy atom. The van der Waals surface area contributed by atoms with E-state index in [2.05, 4.69) is 17.6 Å². The van der Waals surface area contributed by atoms with Crippen LogP contribution in [0.25, 0.3) is 0 Å². The third kappa shape index (κ3) is 5.07. The molecule has 1 unspecified atom stereocenters. The minimum Gasteiger partial charge on any atom is -0.455 e. The molecule has 3 amide bonds. The fourth-order valence-electron chi connectivity index (χ4n) is 5.55. The lowest BCUT2D eigenvalue weighted by atomic mass is 9.79. The average Bonchev–Trinajstić information content (AvgIpc) is 3.52. The van der Waals surface area contributed by atoms with Gasteiger partial charge in [-0.25, -0.2) is 0 Å². The first-order chi connectivity index (χ1) is 19.2. The second-order valence-corrected chi connectivity index (χ2v) is 11.8. The molecule has 3 atom stereocenters. The van der Waals surface area contributed by atoms with Gasteiger partial charge in [0, 0.05) is 18.2 Å². The molecule has 11 heteroatoms. The number of carbonyl (C=O) groups is 3. The molecular weight excluding hydrogens is 529 g/mol. The first kappa shape index (κ1) is 26.4. The Morgan fingerprint density at radius 3 is 2.62 bits per heavy atom. The number of rotatable bonds is 7. The highest BCUT2D eigenvalue weighted by Gasteiger charge is 2.64. The Hall–Kier alpha value is -3.80. The first-order valence-electron chi connectivity index (χ1n) is 13.1. The number of nitrogens with zero attached hydrogens (tertiary/aromatic N) is 1. The second kappa shape index (κ2) is 10.3. The molecule has 4 N–H and O–H groups in total. The van der Waals surface area contributed by atoms with Crippen molar-refractivity contribution in [2.24, 2.45) is 5.41 Å². The number of hydrogen-bond acceptors (Lipinski definition) is 7. The standard InChI is InChI=1S/C29H28BN3O6S/c1-29-13-20(28(36)31-15-17-5-4-6-19(11-17)30(37)38)33(25(29)14-29)26(34)16-32-27(35)18-9-10-24-22(12-18)39-21-7-2-3-8-23(21)40-24/h2-12,20,25,37-38H,13-16H2,1H3,(H,31,36)(H,32,35)/t20?,25-,29+/m0/s1. The van der Waals surface area contributed by atoms with E-state index in [4.69, 9.17) is 4.74 Å². The SMILES string of the molecule is C[C@]12CC(C(=O)NCc3cccc(B(O)O)c3)N(C(=O)CNC(=O)c3ccc4c(c3)Oc3ccccc3S4)[C@H]1C2. The molecule has 2 heterocycles. The largest absolute Gasteiger partial charge is 0.488 e. The van der Waals surface area contributed by atoms with Crippen molar-refractivity contribution in [2.75, 3.05) is 6.54 Å². The smallest absolute Gasteiger partial charge is 0.455 e. The summed E-state index contributed by atoms with van der Waals surface area (Å²) in [6.07, 6.45) is 1.38. The number of ether oxygens (including phenoxy) is 1. The van der Waals surface area contributed by atoms with Crippen molar-refractivity contribution in [1.82, 2.24) is 15.5 Å². The quantitative estimate of drug-likeness (QED) is 0.256. The van der Waals surface area contributed by atoms with E-state index < -0.39 is 19.1 Å². The summed E-state index contributed by atoms with van der Waals surface area (Å²) in [6.45, 7) is 2.04. The topological polar surface area (TPSA) is 128 Å². The first-order valence-corrected chi connectivity index (χ1v) is 13.9. The average molecular weight is 557 g/mol. The van der Waals surface area contributed by atoms with Gasteiger partial charge in [-0.15, -0.1) is 0 Å². The van der Waals surface area contributed by atoms with E-state index in [0.717, 1.165) is 27.5 Å². The van der Waals surface area contributed by atoms with Crippen molar-refractivity contribution in [3.8, 4) is 11.5 Å². The van der Waals surface area contributed by atoms with Gasteiger partial charge in [-0.2, -0.15) is 0 Å². The molecule has 0 radical (unpaired) electrons. The van der Waals surface area contributed by atoms with Gasteiger partial charge in [-0.3, -0.25) is 14.4 Å². The number of benzene rings is 3. The van der Waals surface area contributed by atoms with Gasteiger partial charge in [0.25, 0.3) is 5.91 Å². The van der Waals surface area contributed by atoms with E-state index in [-0.39, 0.29) is 36.4 Å². The minimum atomic E-state index is -1.59. The number of nitrogens with one attached hydrogen (secondary N) is 2. The van der Waals surface area contributed by atoms with Gasteiger partial charge in [0.05, 0.1) is 16.3 Å². The van der Waals surface area contributed by atoms with Crippen molar-refractivity contribution in [3.05, 3.63) is 77.9 Å². The van der Waals surface area contributed by atoms with Crippen LogP contribution in [-0.4, -0.2) is 58.4 Å². The second-order valence-electron chi connectivity index (χ2n) is 10.7. The lowest BCUT2D eigenvalue weighted by Gasteiger charge is -2.27. The molecule has 0 spiro atoms. The monoisotopic (exact) mass is 557 g/mol. The number of carbonyl (C=O) groups excluding carboxylic acids is 3. The van der Waals surface area contributed by atoms with Crippen LogP contribution in [0, 0.1) is 5.41 Å². The molecule has 1 saturated heterocycles. The van der Waals surface area contributed by atoms with E-state index in [0.29, 0.717) is 23.2 Å². The predicted molar refractivity (Wildman–Crippen MR) is 149 cm³/mol. The van der Waals surface area contributed by atoms with Gasteiger partial charge in [0.1, 0.15) is 17.5 Å². The molecular formula is C29H28BN3O6S. The van der Waals surface area contributed by atoms with Gasteiger partial charge in [-0.1, -0.05) is 55.1 Å². The van der Waals surface area contributed by atoms with E-state index in [1.807, 2.05) is 30.3 Å². The highest BCUT2D eigenvalue weighted by molar-refractivity contribution is 7.99. The molecule has 9 nitrogen and oxygen atoms in total. The molecule has 6 rings (SSSR count). The number of piperidine rings is 1. The van der Waals surface area contributed by atoms with Crippen molar-refractivity contribution in [2.45, 2.75) is 48.2 Å². The molecule has 2 aliphatic heterocycles. The maximum Gasteiger partial charge on any atom is 0.488 e. The Bertz CT molecular complexity index is 1520. The van der Waals surface area contributed by atoms with Crippen LogP contribution in [0.15, 0.2) is 76.5 Å². The summed E-state index contributed by atoms with van der Waals surface area (Å²) in [5.74, 6) is 0.355. The van der Waals surface area contributed by atoms with Crippen LogP contribution in [0.2, 0.25) is 0 Å². The Labute approximate surface area is 236 Å². The zero-order valence-electron chi connectivity index (χ0n) is 21.8. The Kier molecular flexibility index (Phi) is 6.81. The van der Waals surface area contributed by atoms with Crippen molar-refractivity contribution in [3.63, 3.8) is 0 Å². The van der Waals surface area contributed by atoms with Crippen LogP contribution in [0.4, 0.5) is 0 Å². The molecule has 3 aromatic rings. The number of hydrogen-bond donors (Lipinski definition) is 4. The summed E-state index contributed by atoms with van der Waals surface area (Å²) >= 11 is 1.57. The maximum atomic E-state index is 13.3. The van der Waals surface area contributed by atoms with Gasteiger partial charge in [0.15, 0.2) is 0 Å². The maximum absolute atomic E-state index is 13.3. The predicted octanol–water partition coefficient (Wildman–Crippen LogP) is 2.05. The lowest BCUT2D eigenvalue weighted by Crippen LogP contribution is -2.50. The number of para-hydroxylation sites is 1. The molecule has 1 aliphatic carbocycles. The van der Waals surface area contributed by atoms with E-state index in [9.17, 15) is 24.4 Å². The Balaban J connectivity index is 1.08. The molecule has 3 aliphatic rings. The number of amides is 3. The Morgan fingerprint density at radius 1 is 1.00 bits per heavy atom. The highest BCUT2D eigenvalue weighted by atomic mass is 32.2. The van der Waals surface area contributed by atoms with Crippen LogP contribution in [0.3, 0.4) is 0 Å². The molecule has 1 saturated carbocycles. The van der Waals surface area contributed by atoms with Crippen LogP contribution in [0.5, 0.6) is 11.5 Å². The van der Waals surface area contributed by atoms with Crippen molar-refractivity contribution >= 4 is 42.1 Å². The summed E-state index contributed by atoms with van der Waals surface area (Å²) in [6, 6.07) is 18.9. The zero-order chi connectivity index (χ0) is 28.0. The summed E-state index contributed by atoms with van der Waals surface area (Å²) in [5, 5.41) is 24.4. The van der Waals surface area contributed by atoms with Gasteiger partial charge in [-0.05, 0) is 59.6 Å². The molecule has 0 bridgehead atoms. The zero-order valence-corrected chi connectivity index (χ0v) is 22.6. The van der Waals surface area contributed by atoms with Gasteiger partial charge < -0.3 is 30.3 Å². The third-order valence-corrected chi connectivity index (χ3v) is 8.95. The summed E-state index contributed by atoms with van der Waals surface area (Å²) in [5.41, 5.74) is 1.33. The molecule has 2 fully saturated rings. The fourth-order valence-corrected chi connectivity index (χ4v) is 6.48. The van der Waals surface area contributed by atoms with Crippen LogP contribution >= 0.6 is 11.8 Å². The van der Waals surface area contributed by atoms with Gasteiger partial charge in [0.2, 0.25) is 11.8 Å². The van der Waals surface area contributed by atoms with Crippen LogP contribution < -0.4 is 20.8 Å². The fraction of sp³-hybridized carbons (Fsp3) is 0.276. The number of likely N-dealkylation sites (tertiary alicyclic amines) is 1. The van der Waals surface area contributed by atoms with Crippen molar-refractivity contribution < 1.29 is 29.2 Å². The van der Waals surface area contributed by atoms with Gasteiger partial charge >= 0.3 is 7.12 Å². The minimum absolute atomic E-state index is 0.0326. The summed E-state index contributed by atoms with van der Waals surface area (Å²) < 4.78 is 5.97. The van der Waals surface area contributed by atoms with Crippen LogP contribution in [-0.2, 0) is 16.1 Å². The number of fused-ring (bicyclic) bond motifs is 3. The molecule has 204 valence electrons. The molecule has 3 aromatic carbocycles. The molecule has 0 aromatic heterocycles. The summed E-state index contributed by atoms with van der Waals surface area (Å²) in [4.78, 5) is 42.9. The lowest BCUT2D eigenvalue weighted by molar-refractivity contribution is -0.139. The normalized spacial score (nSPS) is 21.8.